The zero-order valence-electron chi connectivity index (χ0n) is 7.85. The Bertz CT molecular complexity index is 471. The number of alkyl halides is 3. The maximum atomic E-state index is 12.0. The third kappa shape index (κ3) is 2.54. The summed E-state index contributed by atoms with van der Waals surface area (Å²) in [7, 11) is -4.55. The van der Waals surface area contributed by atoms with Crippen LogP contribution in [0.2, 0.25) is 0 Å². The van der Waals surface area contributed by atoms with Crippen LogP contribution < -0.4 is 8.92 Å². The highest BCUT2D eigenvalue weighted by atomic mass is 32.2. The zero-order chi connectivity index (χ0) is 12.4. The predicted molar refractivity (Wildman–Crippen MR) is 46.4 cm³/mol. The minimum Gasteiger partial charge on any atom is -0.493 e. The van der Waals surface area contributed by atoms with Crippen LogP contribution in [-0.4, -0.2) is 26.0 Å². The summed E-state index contributed by atoms with van der Waals surface area (Å²) in [5.74, 6) is -0.787. The van der Waals surface area contributed by atoms with Gasteiger partial charge in [-0.2, -0.15) is 21.6 Å². The summed E-state index contributed by atoms with van der Waals surface area (Å²) in [5, 5.41) is 0. The number of halogens is 3. The van der Waals surface area contributed by atoms with Gasteiger partial charge in [-0.15, -0.1) is 0 Å². The van der Waals surface area contributed by atoms with Gasteiger partial charge in [0.2, 0.25) is 5.75 Å². The van der Waals surface area contributed by atoms with Gasteiger partial charge in [0.15, 0.2) is 5.75 Å². The van der Waals surface area contributed by atoms with Crippen molar-refractivity contribution in [3.8, 4) is 11.5 Å². The fraction of sp³-hybridized carbons (Fsp3) is 0.286. The van der Waals surface area contributed by atoms with Crippen LogP contribution in [-0.2, 0) is 10.1 Å². The van der Waals surface area contributed by atoms with Crippen molar-refractivity contribution in [2.45, 2.75) is 5.51 Å². The largest absolute Gasteiger partial charge is 0.534 e. The number of hydrogen-bond donors (Lipinski definition) is 0. The first-order chi connectivity index (χ1) is 7.28. The lowest BCUT2D eigenvalue weighted by molar-refractivity contribution is -0.0500. The lowest BCUT2D eigenvalue weighted by Crippen LogP contribution is -2.28. The number of ether oxygens (including phenoxy) is 1. The van der Waals surface area contributed by atoms with Crippen LogP contribution in [0.1, 0.15) is 0 Å². The number of rotatable bonds is 3. The molecule has 0 spiro atoms. The summed E-state index contributed by atoms with van der Waals surface area (Å²) >= 11 is 0. The molecule has 0 radical (unpaired) electrons. The molecule has 1 aromatic heterocycles. The van der Waals surface area contributed by atoms with Crippen LogP contribution in [0.25, 0.3) is 0 Å². The summed E-state index contributed by atoms with van der Waals surface area (Å²) < 4.78 is 65.7. The number of hydrogen-bond acceptors (Lipinski definition) is 5. The molecule has 0 aliphatic rings. The molecule has 0 fully saturated rings. The van der Waals surface area contributed by atoms with Gasteiger partial charge in [0, 0.05) is 12.3 Å². The third-order valence-corrected chi connectivity index (χ3v) is 2.42. The van der Waals surface area contributed by atoms with E-state index in [4.69, 9.17) is 0 Å². The van der Waals surface area contributed by atoms with Crippen molar-refractivity contribution in [2.75, 3.05) is 7.11 Å². The van der Waals surface area contributed by atoms with Gasteiger partial charge in [0.1, 0.15) is 0 Å². The second-order valence-corrected chi connectivity index (χ2v) is 4.05. The highest BCUT2D eigenvalue weighted by Gasteiger charge is 2.48. The molecule has 1 rings (SSSR count). The van der Waals surface area contributed by atoms with Gasteiger partial charge in [0.05, 0.1) is 13.3 Å². The minimum absolute atomic E-state index is 0.164. The van der Waals surface area contributed by atoms with E-state index in [2.05, 4.69) is 13.9 Å². The molecule has 0 aliphatic carbocycles. The van der Waals surface area contributed by atoms with Gasteiger partial charge in [0.25, 0.3) is 0 Å². The molecule has 0 saturated carbocycles. The fourth-order valence-corrected chi connectivity index (χ4v) is 1.22. The van der Waals surface area contributed by atoms with Gasteiger partial charge < -0.3 is 8.92 Å². The summed E-state index contributed by atoms with van der Waals surface area (Å²) in [6.07, 6.45) is 2.02. The highest BCUT2D eigenvalue weighted by Crippen LogP contribution is 2.31. The summed E-state index contributed by atoms with van der Waals surface area (Å²) in [5.41, 5.74) is -5.49. The molecule has 0 atom stereocenters. The molecule has 16 heavy (non-hydrogen) atoms. The van der Waals surface area contributed by atoms with E-state index in [9.17, 15) is 21.6 Å². The van der Waals surface area contributed by atoms with E-state index in [0.29, 0.717) is 0 Å². The summed E-state index contributed by atoms with van der Waals surface area (Å²) in [4.78, 5) is 3.42. The molecule has 90 valence electrons. The molecule has 0 unspecified atom stereocenters. The van der Waals surface area contributed by atoms with Gasteiger partial charge in [-0.25, -0.2) is 0 Å². The Labute approximate surface area is 88.9 Å². The first-order valence-electron chi connectivity index (χ1n) is 3.76. The molecule has 5 nitrogen and oxygen atoms in total. The van der Waals surface area contributed by atoms with E-state index >= 15 is 0 Å². The van der Waals surface area contributed by atoms with Gasteiger partial charge in [-0.1, -0.05) is 0 Å². The predicted octanol–water partition coefficient (Wildman–Crippen LogP) is 1.32. The summed E-state index contributed by atoms with van der Waals surface area (Å²) in [6.45, 7) is 0. The Morgan fingerprint density at radius 1 is 1.31 bits per heavy atom. The topological polar surface area (TPSA) is 65.5 Å². The lowest BCUT2D eigenvalue weighted by atomic mass is 10.4. The molecule has 0 aromatic carbocycles. The van der Waals surface area contributed by atoms with Crippen LogP contribution in [0.4, 0.5) is 13.2 Å². The zero-order valence-corrected chi connectivity index (χ0v) is 8.67. The molecular weight excluding hydrogens is 251 g/mol. The molecule has 1 heterocycles. The monoisotopic (exact) mass is 257 g/mol. The van der Waals surface area contributed by atoms with E-state index in [1.54, 1.807) is 0 Å². The van der Waals surface area contributed by atoms with Gasteiger partial charge >= 0.3 is 15.6 Å². The minimum atomic E-state index is -5.70. The molecule has 0 bridgehead atoms. The van der Waals surface area contributed by atoms with Crippen molar-refractivity contribution in [1.82, 2.24) is 4.98 Å². The average Bonchev–Trinajstić information content (AvgIpc) is 2.16. The maximum Gasteiger partial charge on any atom is 0.534 e. The average molecular weight is 257 g/mol. The van der Waals surface area contributed by atoms with Gasteiger partial charge in [-0.05, 0) is 0 Å². The maximum absolute atomic E-state index is 12.0. The number of nitrogens with zero attached hydrogens (tertiary/aromatic N) is 1. The molecule has 0 amide bonds. The second kappa shape index (κ2) is 4.16. The van der Waals surface area contributed by atoms with Crippen LogP contribution in [0.3, 0.4) is 0 Å². The van der Waals surface area contributed by atoms with Crippen LogP contribution in [0.15, 0.2) is 18.5 Å². The molecule has 0 saturated heterocycles. The van der Waals surface area contributed by atoms with E-state index in [1.165, 1.54) is 12.3 Å². The van der Waals surface area contributed by atoms with E-state index in [1.807, 2.05) is 0 Å². The molecular formula is C7H6F3NO4S. The number of methoxy groups -OCH3 is 1. The highest BCUT2D eigenvalue weighted by molar-refractivity contribution is 7.88. The van der Waals surface area contributed by atoms with Crippen LogP contribution in [0.5, 0.6) is 11.5 Å². The van der Waals surface area contributed by atoms with Gasteiger partial charge in [-0.3, -0.25) is 4.98 Å². The van der Waals surface area contributed by atoms with Crippen molar-refractivity contribution in [3.63, 3.8) is 0 Å². The van der Waals surface area contributed by atoms with Crippen molar-refractivity contribution in [2.24, 2.45) is 0 Å². The van der Waals surface area contributed by atoms with E-state index in [-0.39, 0.29) is 5.75 Å². The van der Waals surface area contributed by atoms with Crippen molar-refractivity contribution < 1.29 is 30.5 Å². The quantitative estimate of drug-likeness (QED) is 0.603. The van der Waals surface area contributed by atoms with Crippen molar-refractivity contribution in [3.05, 3.63) is 18.5 Å². The second-order valence-electron chi connectivity index (χ2n) is 2.51. The van der Waals surface area contributed by atoms with Crippen molar-refractivity contribution in [1.29, 1.82) is 0 Å². The third-order valence-electron chi connectivity index (χ3n) is 1.45. The molecule has 9 heteroatoms. The van der Waals surface area contributed by atoms with E-state index in [0.717, 1.165) is 13.3 Å². The molecule has 1 aromatic rings. The Kier molecular flexibility index (Phi) is 3.27. The molecule has 0 aliphatic heterocycles. The van der Waals surface area contributed by atoms with Crippen LogP contribution >= 0.6 is 0 Å². The standard InChI is InChI=1S/C7H6F3NO4S/c1-14-5-2-3-11-4-6(5)15-16(12,13)7(8,9)10/h2-4H,1H3. The smallest absolute Gasteiger partial charge is 0.493 e. The Morgan fingerprint density at radius 3 is 2.44 bits per heavy atom. The first kappa shape index (κ1) is 12.6. The first-order valence-corrected chi connectivity index (χ1v) is 5.17. The van der Waals surface area contributed by atoms with Crippen LogP contribution in [0, 0.1) is 0 Å². The molecule has 0 N–H and O–H groups in total. The summed E-state index contributed by atoms with van der Waals surface area (Å²) in [6, 6.07) is 1.17. The fourth-order valence-electron chi connectivity index (χ4n) is 0.764. The normalized spacial score (nSPS) is 12.2. The number of aromatic nitrogens is 1. The number of pyridine rings is 1. The Hall–Kier alpha value is -1.51. The lowest BCUT2D eigenvalue weighted by Gasteiger charge is -2.11. The SMILES string of the molecule is COc1ccncc1OS(=O)(=O)C(F)(F)F. The van der Waals surface area contributed by atoms with E-state index < -0.39 is 21.4 Å². The Balaban J connectivity index is 3.06. The Morgan fingerprint density at radius 2 is 1.94 bits per heavy atom. The van der Waals surface area contributed by atoms with Crippen molar-refractivity contribution >= 4 is 10.1 Å².